The molecule has 2 aromatic carbocycles. The summed E-state index contributed by atoms with van der Waals surface area (Å²) in [4.78, 5) is 22.8. The van der Waals surface area contributed by atoms with Gasteiger partial charge in [-0.2, -0.15) is 10.2 Å². The molecule has 5 aromatic rings. The van der Waals surface area contributed by atoms with Gasteiger partial charge in [0.2, 0.25) is 0 Å². The average molecular weight is 560 g/mol. The van der Waals surface area contributed by atoms with Crippen LogP contribution in [-0.4, -0.2) is 52.5 Å². The SMILES string of the molecule is CN1Cc2nccc(-c3cn(CC[C@](O)(Cn4cncn4)c4ccc(F)cc4F)nc3-c3ccc(F)cc3)c2C1=O. The molecule has 1 N–H and O–H groups in total. The molecule has 6 rings (SSSR count). The third kappa shape index (κ3) is 4.97. The zero-order valence-corrected chi connectivity index (χ0v) is 21.9. The van der Waals surface area contributed by atoms with Crippen LogP contribution in [0.25, 0.3) is 22.4 Å². The van der Waals surface area contributed by atoms with Crippen LogP contribution in [0.1, 0.15) is 28.0 Å². The lowest BCUT2D eigenvalue weighted by Crippen LogP contribution is -2.34. The quantitative estimate of drug-likeness (QED) is 0.306. The largest absolute Gasteiger partial charge is 0.383 e. The van der Waals surface area contributed by atoms with Crippen LogP contribution in [-0.2, 0) is 25.2 Å². The first-order valence-electron chi connectivity index (χ1n) is 12.8. The molecule has 12 heteroatoms. The van der Waals surface area contributed by atoms with Gasteiger partial charge in [-0.25, -0.2) is 22.8 Å². The van der Waals surface area contributed by atoms with Crippen molar-refractivity contribution in [2.24, 2.45) is 0 Å². The van der Waals surface area contributed by atoms with Crippen molar-refractivity contribution in [2.45, 2.75) is 31.7 Å². The van der Waals surface area contributed by atoms with Gasteiger partial charge < -0.3 is 10.0 Å². The lowest BCUT2D eigenvalue weighted by molar-refractivity contribution is -0.00179. The number of amides is 1. The van der Waals surface area contributed by atoms with Gasteiger partial charge in [-0.05, 0) is 36.4 Å². The number of fused-ring (bicyclic) bond motifs is 1. The number of aryl methyl sites for hydroxylation is 1. The number of benzene rings is 2. The van der Waals surface area contributed by atoms with E-state index in [4.69, 9.17) is 5.10 Å². The summed E-state index contributed by atoms with van der Waals surface area (Å²) < 4.78 is 45.3. The molecule has 0 spiro atoms. The number of nitrogens with zero attached hydrogens (tertiary/aromatic N) is 7. The van der Waals surface area contributed by atoms with Crippen LogP contribution in [0.5, 0.6) is 0 Å². The Labute approximate surface area is 232 Å². The fourth-order valence-electron chi connectivity index (χ4n) is 5.18. The van der Waals surface area contributed by atoms with Gasteiger partial charge in [0, 0.05) is 60.7 Å². The molecular formula is C29H24F3N7O2. The van der Waals surface area contributed by atoms with Crippen molar-refractivity contribution in [2.75, 3.05) is 7.05 Å². The summed E-state index contributed by atoms with van der Waals surface area (Å²) >= 11 is 0. The summed E-state index contributed by atoms with van der Waals surface area (Å²) in [5.41, 5.74) is 1.56. The molecule has 0 saturated heterocycles. The normalized spacial score (nSPS) is 14.4. The number of hydrogen-bond acceptors (Lipinski definition) is 6. The fraction of sp³-hybridized carbons (Fsp3) is 0.207. The first-order valence-corrected chi connectivity index (χ1v) is 12.8. The Morgan fingerprint density at radius 3 is 2.51 bits per heavy atom. The minimum Gasteiger partial charge on any atom is -0.383 e. The minimum atomic E-state index is -1.80. The summed E-state index contributed by atoms with van der Waals surface area (Å²) in [6.07, 6.45) is 6.01. The van der Waals surface area contributed by atoms with E-state index in [0.29, 0.717) is 40.2 Å². The topological polar surface area (TPSA) is 102 Å². The van der Waals surface area contributed by atoms with E-state index >= 15 is 0 Å². The monoisotopic (exact) mass is 559 g/mol. The van der Waals surface area contributed by atoms with Gasteiger partial charge in [-0.1, -0.05) is 6.07 Å². The summed E-state index contributed by atoms with van der Waals surface area (Å²) in [5, 5.41) is 20.5. The molecule has 0 aliphatic carbocycles. The maximum Gasteiger partial charge on any atom is 0.256 e. The van der Waals surface area contributed by atoms with Crippen LogP contribution in [0.15, 0.2) is 73.6 Å². The minimum absolute atomic E-state index is 0.0322. The van der Waals surface area contributed by atoms with Crippen molar-refractivity contribution < 1.29 is 23.1 Å². The molecule has 1 aliphatic heterocycles. The van der Waals surface area contributed by atoms with Crippen molar-refractivity contribution in [1.29, 1.82) is 0 Å². The molecule has 208 valence electrons. The van der Waals surface area contributed by atoms with E-state index in [2.05, 4.69) is 15.1 Å². The van der Waals surface area contributed by atoms with Gasteiger partial charge in [0.1, 0.15) is 41.4 Å². The van der Waals surface area contributed by atoms with E-state index < -0.39 is 23.1 Å². The Hall–Kier alpha value is -4.84. The maximum atomic E-state index is 14.9. The first kappa shape index (κ1) is 26.4. The number of aliphatic hydroxyl groups is 1. The molecule has 1 aliphatic rings. The molecule has 41 heavy (non-hydrogen) atoms. The van der Waals surface area contributed by atoms with Crippen molar-refractivity contribution in [3.05, 3.63) is 108 Å². The molecule has 0 bridgehead atoms. The molecule has 1 atom stereocenters. The zero-order chi connectivity index (χ0) is 28.7. The van der Waals surface area contributed by atoms with Crippen LogP contribution < -0.4 is 0 Å². The second kappa shape index (κ2) is 10.3. The Bertz CT molecular complexity index is 1740. The van der Waals surface area contributed by atoms with Crippen molar-refractivity contribution in [3.63, 3.8) is 0 Å². The molecule has 3 aromatic heterocycles. The van der Waals surface area contributed by atoms with E-state index in [1.54, 1.807) is 47.2 Å². The highest BCUT2D eigenvalue weighted by atomic mass is 19.1. The molecule has 0 saturated carbocycles. The predicted molar refractivity (Wildman–Crippen MR) is 142 cm³/mol. The third-order valence-corrected chi connectivity index (χ3v) is 7.22. The molecule has 0 radical (unpaired) electrons. The van der Waals surface area contributed by atoms with Gasteiger partial charge in [0.15, 0.2) is 0 Å². The highest BCUT2D eigenvalue weighted by Crippen LogP contribution is 2.37. The maximum absolute atomic E-state index is 14.9. The Morgan fingerprint density at radius 1 is 1.00 bits per heavy atom. The van der Waals surface area contributed by atoms with Gasteiger partial charge in [0.25, 0.3) is 5.91 Å². The van der Waals surface area contributed by atoms with E-state index in [0.717, 1.165) is 12.1 Å². The van der Waals surface area contributed by atoms with Gasteiger partial charge in [-0.15, -0.1) is 0 Å². The van der Waals surface area contributed by atoms with E-state index in [-0.39, 0.29) is 31.0 Å². The molecular weight excluding hydrogens is 535 g/mol. The van der Waals surface area contributed by atoms with Crippen LogP contribution in [0, 0.1) is 17.5 Å². The van der Waals surface area contributed by atoms with Crippen molar-refractivity contribution in [3.8, 4) is 22.4 Å². The summed E-state index contributed by atoms with van der Waals surface area (Å²) in [5.74, 6) is -2.23. The van der Waals surface area contributed by atoms with E-state index in [9.17, 15) is 23.1 Å². The van der Waals surface area contributed by atoms with Crippen molar-refractivity contribution >= 4 is 5.91 Å². The lowest BCUT2D eigenvalue weighted by Gasteiger charge is -2.29. The van der Waals surface area contributed by atoms with Gasteiger partial charge >= 0.3 is 0 Å². The molecule has 1 amide bonds. The van der Waals surface area contributed by atoms with Crippen LogP contribution in [0.2, 0.25) is 0 Å². The number of rotatable bonds is 8. The smallest absolute Gasteiger partial charge is 0.256 e. The van der Waals surface area contributed by atoms with E-state index in [1.165, 1.54) is 35.5 Å². The lowest BCUT2D eigenvalue weighted by atomic mass is 9.89. The second-order valence-electron chi connectivity index (χ2n) is 10.0. The second-order valence-corrected chi connectivity index (χ2v) is 10.0. The molecule has 4 heterocycles. The summed E-state index contributed by atoms with van der Waals surface area (Å²) in [7, 11) is 1.70. The Kier molecular flexibility index (Phi) is 6.62. The summed E-state index contributed by atoms with van der Waals surface area (Å²) in [6.45, 7) is 0.338. The highest BCUT2D eigenvalue weighted by molar-refractivity contribution is 6.05. The standard InChI is InChI=1S/C29H24F3N7O2/c1-37-14-25-26(28(37)40)21(8-10-34-25)22-13-38(36-27(22)18-2-4-19(30)5-3-18)11-9-29(41,15-39-17-33-16-35-39)23-7-6-20(31)12-24(23)32/h2-8,10,12-13,16-17,41H,9,11,14-15H2,1H3/t29-/m0/s1. The highest BCUT2D eigenvalue weighted by Gasteiger charge is 2.34. The fourth-order valence-corrected chi connectivity index (χ4v) is 5.18. The zero-order valence-electron chi connectivity index (χ0n) is 21.9. The number of carbonyl (C=O) groups excluding carboxylic acids is 1. The first-order chi connectivity index (χ1) is 19.7. The van der Waals surface area contributed by atoms with E-state index in [1.807, 2.05) is 0 Å². The predicted octanol–water partition coefficient (Wildman–Crippen LogP) is 4.18. The van der Waals surface area contributed by atoms with Crippen LogP contribution in [0.3, 0.4) is 0 Å². The number of pyridine rings is 1. The Balaban J connectivity index is 1.41. The van der Waals surface area contributed by atoms with Crippen LogP contribution in [0.4, 0.5) is 13.2 Å². The van der Waals surface area contributed by atoms with Gasteiger partial charge in [-0.3, -0.25) is 14.5 Å². The number of hydrogen-bond donors (Lipinski definition) is 1. The number of carbonyl (C=O) groups is 1. The van der Waals surface area contributed by atoms with Crippen LogP contribution >= 0.6 is 0 Å². The number of aromatic nitrogens is 6. The Morgan fingerprint density at radius 2 is 1.78 bits per heavy atom. The van der Waals surface area contributed by atoms with Gasteiger partial charge in [0.05, 0.1) is 24.3 Å². The summed E-state index contributed by atoms with van der Waals surface area (Å²) in [6, 6.07) is 10.6. The molecule has 0 unspecified atom stereocenters. The number of halogens is 3. The average Bonchev–Trinajstić information content (AvgIpc) is 3.68. The molecule has 9 nitrogen and oxygen atoms in total. The third-order valence-electron chi connectivity index (χ3n) is 7.22. The molecule has 0 fully saturated rings. The van der Waals surface area contributed by atoms with Crippen molar-refractivity contribution in [1.82, 2.24) is 34.4 Å².